The SMILES string of the molecule is O[C@@H]1CO[C@H]2[C@@H]1OC[C@H]2Oc1nc2cc(-c3ccc([C@H]4CCCC[C@@H]4O)cc3)c(Cl)cc2[nH]1. The Hall–Kier alpha value is -2.16. The summed E-state index contributed by atoms with van der Waals surface area (Å²) in [5, 5.41) is 20.9. The van der Waals surface area contributed by atoms with E-state index >= 15 is 0 Å². The topological polar surface area (TPSA) is 96.8 Å². The largest absolute Gasteiger partial charge is 0.456 e. The van der Waals surface area contributed by atoms with Crippen molar-refractivity contribution in [1.82, 2.24) is 9.97 Å². The van der Waals surface area contributed by atoms with Gasteiger partial charge in [0.25, 0.3) is 6.01 Å². The van der Waals surface area contributed by atoms with E-state index in [9.17, 15) is 10.2 Å². The van der Waals surface area contributed by atoms with Gasteiger partial charge in [-0.15, -0.1) is 0 Å². The van der Waals surface area contributed by atoms with E-state index in [1.807, 2.05) is 12.1 Å². The van der Waals surface area contributed by atoms with Gasteiger partial charge in [-0.3, -0.25) is 0 Å². The standard InChI is InChI=1S/C25H27ClN2O5/c26-17-10-19-18(27-25(28-19)33-22-12-32-23-21(30)11-31-24(22)23)9-16(17)14-7-5-13(6-8-14)15-3-1-2-4-20(15)29/h5-10,15,20-24,29-30H,1-4,11-12H2,(H,27,28)/t15-,20+,21-,22-,23-,24-/m1/s1. The molecule has 6 atom stereocenters. The highest BCUT2D eigenvalue weighted by Gasteiger charge is 2.48. The Kier molecular flexibility index (Phi) is 5.55. The Morgan fingerprint density at radius 3 is 2.58 bits per heavy atom. The Balaban J connectivity index is 1.23. The number of hydrogen-bond acceptors (Lipinski definition) is 6. The highest BCUT2D eigenvalue weighted by atomic mass is 35.5. The lowest BCUT2D eigenvalue weighted by atomic mass is 9.81. The Bertz CT molecular complexity index is 1150. The number of hydrogen-bond donors (Lipinski definition) is 3. The molecule has 6 rings (SSSR count). The molecule has 3 heterocycles. The lowest BCUT2D eigenvalue weighted by molar-refractivity contribution is 0.00706. The molecule has 8 heteroatoms. The third-order valence-electron chi connectivity index (χ3n) is 7.17. The van der Waals surface area contributed by atoms with Crippen LogP contribution < -0.4 is 4.74 Å². The van der Waals surface area contributed by atoms with Crippen molar-refractivity contribution in [2.45, 2.75) is 62.1 Å². The van der Waals surface area contributed by atoms with Crippen LogP contribution in [0.5, 0.6) is 6.01 Å². The zero-order valence-corrected chi connectivity index (χ0v) is 18.9. The maximum Gasteiger partial charge on any atom is 0.295 e. The number of aliphatic hydroxyl groups is 2. The van der Waals surface area contributed by atoms with Gasteiger partial charge in [-0.25, -0.2) is 0 Å². The molecule has 174 valence electrons. The van der Waals surface area contributed by atoms with Crippen LogP contribution in [0.3, 0.4) is 0 Å². The van der Waals surface area contributed by atoms with Crippen molar-refractivity contribution in [2.75, 3.05) is 13.2 Å². The number of rotatable bonds is 4. The Morgan fingerprint density at radius 2 is 1.76 bits per heavy atom. The first-order valence-corrected chi connectivity index (χ1v) is 12.0. The summed E-state index contributed by atoms with van der Waals surface area (Å²) in [7, 11) is 0. The summed E-state index contributed by atoms with van der Waals surface area (Å²) in [6.45, 7) is 0.601. The predicted molar refractivity (Wildman–Crippen MR) is 124 cm³/mol. The van der Waals surface area contributed by atoms with Crippen molar-refractivity contribution in [3.8, 4) is 17.1 Å². The molecule has 3 fully saturated rings. The molecule has 3 aromatic rings. The number of aromatic nitrogens is 2. The normalized spacial score (nSPS) is 31.7. The minimum absolute atomic E-state index is 0.209. The summed E-state index contributed by atoms with van der Waals surface area (Å²) in [6.07, 6.45) is 2.32. The van der Waals surface area contributed by atoms with Crippen LogP contribution >= 0.6 is 11.6 Å². The molecule has 7 nitrogen and oxygen atoms in total. The summed E-state index contributed by atoms with van der Waals surface area (Å²) in [5.74, 6) is 0.209. The van der Waals surface area contributed by atoms with Crippen LogP contribution in [0.1, 0.15) is 37.2 Å². The van der Waals surface area contributed by atoms with Gasteiger partial charge in [-0.2, -0.15) is 4.98 Å². The van der Waals surface area contributed by atoms with Gasteiger partial charge in [-0.1, -0.05) is 48.7 Å². The average Bonchev–Trinajstić information content (AvgIpc) is 3.50. The van der Waals surface area contributed by atoms with E-state index in [0.717, 1.165) is 47.8 Å². The minimum atomic E-state index is -0.617. The number of halogens is 1. The van der Waals surface area contributed by atoms with Crippen molar-refractivity contribution in [3.05, 3.63) is 47.0 Å². The number of aliphatic hydroxyl groups excluding tert-OH is 2. The van der Waals surface area contributed by atoms with E-state index in [2.05, 4.69) is 34.2 Å². The van der Waals surface area contributed by atoms with Crippen LogP contribution in [0, 0.1) is 0 Å². The molecule has 1 aromatic heterocycles. The number of benzene rings is 2. The summed E-state index contributed by atoms with van der Waals surface area (Å²) >= 11 is 6.62. The molecular weight excluding hydrogens is 444 g/mol. The molecule has 1 aliphatic carbocycles. The maximum absolute atomic E-state index is 10.4. The molecule has 2 aliphatic heterocycles. The first-order valence-electron chi connectivity index (χ1n) is 11.6. The number of nitrogens with zero attached hydrogens (tertiary/aromatic N) is 1. The van der Waals surface area contributed by atoms with Gasteiger partial charge >= 0.3 is 0 Å². The third-order valence-corrected chi connectivity index (χ3v) is 7.49. The summed E-state index contributed by atoms with van der Waals surface area (Å²) in [6, 6.07) is 12.5. The first-order chi connectivity index (χ1) is 16.1. The maximum atomic E-state index is 10.4. The lowest BCUT2D eigenvalue weighted by Gasteiger charge is -2.28. The summed E-state index contributed by atoms with van der Waals surface area (Å²) < 4.78 is 17.3. The van der Waals surface area contributed by atoms with Crippen LogP contribution in [0.15, 0.2) is 36.4 Å². The first kappa shape index (κ1) is 21.4. The minimum Gasteiger partial charge on any atom is -0.456 e. The predicted octanol–water partition coefficient (Wildman–Crippen LogP) is 3.81. The van der Waals surface area contributed by atoms with E-state index in [0.29, 0.717) is 17.6 Å². The second kappa shape index (κ2) is 8.56. The highest BCUT2D eigenvalue weighted by Crippen LogP contribution is 2.37. The van der Waals surface area contributed by atoms with Gasteiger partial charge in [0, 0.05) is 11.5 Å². The summed E-state index contributed by atoms with van der Waals surface area (Å²) in [4.78, 5) is 7.77. The molecule has 0 spiro atoms. The zero-order valence-electron chi connectivity index (χ0n) is 18.1. The second-order valence-electron chi connectivity index (χ2n) is 9.29. The lowest BCUT2D eigenvalue weighted by Crippen LogP contribution is -2.34. The van der Waals surface area contributed by atoms with Crippen LogP contribution in [-0.4, -0.2) is 63.9 Å². The van der Waals surface area contributed by atoms with Gasteiger partial charge < -0.3 is 29.4 Å². The highest BCUT2D eigenvalue weighted by molar-refractivity contribution is 6.34. The Morgan fingerprint density at radius 1 is 0.970 bits per heavy atom. The van der Waals surface area contributed by atoms with Crippen molar-refractivity contribution in [1.29, 1.82) is 0 Å². The van der Waals surface area contributed by atoms with Crippen LogP contribution in [0.25, 0.3) is 22.2 Å². The fraction of sp³-hybridized carbons (Fsp3) is 0.480. The Labute approximate surface area is 196 Å². The monoisotopic (exact) mass is 470 g/mol. The van der Waals surface area contributed by atoms with E-state index in [4.69, 9.17) is 25.8 Å². The molecule has 33 heavy (non-hydrogen) atoms. The van der Waals surface area contributed by atoms with Crippen molar-refractivity contribution in [2.24, 2.45) is 0 Å². The smallest absolute Gasteiger partial charge is 0.295 e. The van der Waals surface area contributed by atoms with Gasteiger partial charge in [0.05, 0.1) is 35.4 Å². The van der Waals surface area contributed by atoms with Gasteiger partial charge in [0.1, 0.15) is 18.3 Å². The number of H-pyrrole nitrogens is 1. The van der Waals surface area contributed by atoms with Gasteiger partial charge in [-0.05, 0) is 36.1 Å². The van der Waals surface area contributed by atoms with Crippen LogP contribution in [0.4, 0.5) is 0 Å². The van der Waals surface area contributed by atoms with E-state index in [1.165, 1.54) is 5.56 Å². The number of aromatic amines is 1. The van der Waals surface area contributed by atoms with Crippen LogP contribution in [0.2, 0.25) is 5.02 Å². The summed E-state index contributed by atoms with van der Waals surface area (Å²) in [5.41, 5.74) is 4.60. The number of nitrogens with one attached hydrogen (secondary N) is 1. The molecule has 0 unspecified atom stereocenters. The number of ether oxygens (including phenoxy) is 3. The fourth-order valence-corrected chi connectivity index (χ4v) is 5.66. The van der Waals surface area contributed by atoms with E-state index in [-0.39, 0.29) is 36.9 Å². The van der Waals surface area contributed by atoms with Crippen LogP contribution in [-0.2, 0) is 9.47 Å². The quantitative estimate of drug-likeness (QED) is 0.536. The van der Waals surface area contributed by atoms with Gasteiger partial charge in [0.2, 0.25) is 0 Å². The third kappa shape index (κ3) is 3.92. The number of fused-ring (bicyclic) bond motifs is 2. The molecule has 0 bridgehead atoms. The van der Waals surface area contributed by atoms with Crippen molar-refractivity contribution >= 4 is 22.6 Å². The van der Waals surface area contributed by atoms with E-state index in [1.54, 1.807) is 0 Å². The molecule has 2 aromatic carbocycles. The molecule has 0 radical (unpaired) electrons. The molecule has 2 saturated heterocycles. The number of imidazole rings is 1. The van der Waals surface area contributed by atoms with Crippen molar-refractivity contribution < 1.29 is 24.4 Å². The zero-order chi connectivity index (χ0) is 22.5. The fourth-order valence-electron chi connectivity index (χ4n) is 5.38. The van der Waals surface area contributed by atoms with Crippen molar-refractivity contribution in [3.63, 3.8) is 0 Å². The molecule has 3 aliphatic rings. The molecule has 1 saturated carbocycles. The molecule has 0 amide bonds. The molecule has 3 N–H and O–H groups in total. The second-order valence-corrected chi connectivity index (χ2v) is 9.70. The average molecular weight is 471 g/mol. The molecular formula is C25H27ClN2O5. The van der Waals surface area contributed by atoms with E-state index < -0.39 is 6.10 Å². The van der Waals surface area contributed by atoms with Gasteiger partial charge in [0.15, 0.2) is 6.10 Å².